The van der Waals surface area contributed by atoms with E-state index in [9.17, 15) is 0 Å². The van der Waals surface area contributed by atoms with Crippen molar-refractivity contribution in [1.29, 1.82) is 0 Å². The molecule has 0 heterocycles. The summed E-state index contributed by atoms with van der Waals surface area (Å²) in [5.41, 5.74) is 0. The first-order chi connectivity index (χ1) is 4.34. The second-order valence-corrected chi connectivity index (χ2v) is 2.92. The molecular weight excluding hydrogens is 110 g/mol. The molecule has 0 atom stereocenters. The van der Waals surface area contributed by atoms with E-state index >= 15 is 0 Å². The SMILES string of the molecule is [CH2]CN(C)C1CCCC1. The van der Waals surface area contributed by atoms with Crippen LogP contribution in [0.5, 0.6) is 0 Å². The Morgan fingerprint density at radius 2 is 2.00 bits per heavy atom. The van der Waals surface area contributed by atoms with E-state index in [0.29, 0.717) is 0 Å². The Bertz CT molecular complexity index is 74.6. The molecule has 0 bridgehead atoms. The molecule has 0 saturated heterocycles. The first-order valence-electron chi connectivity index (χ1n) is 3.84. The van der Waals surface area contributed by atoms with Crippen molar-refractivity contribution in [2.24, 2.45) is 0 Å². The number of rotatable bonds is 2. The van der Waals surface area contributed by atoms with Gasteiger partial charge in [-0.05, 0) is 33.4 Å². The van der Waals surface area contributed by atoms with Gasteiger partial charge in [-0.15, -0.1) is 0 Å². The lowest BCUT2D eigenvalue weighted by molar-refractivity contribution is 0.270. The molecule has 1 heteroatoms. The van der Waals surface area contributed by atoms with Crippen LogP contribution in [0.15, 0.2) is 0 Å². The van der Waals surface area contributed by atoms with Gasteiger partial charge in [-0.25, -0.2) is 0 Å². The van der Waals surface area contributed by atoms with Gasteiger partial charge >= 0.3 is 0 Å². The van der Waals surface area contributed by atoms with E-state index in [1.807, 2.05) is 0 Å². The fourth-order valence-corrected chi connectivity index (χ4v) is 1.53. The zero-order valence-electron chi connectivity index (χ0n) is 6.27. The second-order valence-electron chi connectivity index (χ2n) is 2.92. The Kier molecular flexibility index (Phi) is 2.52. The summed E-state index contributed by atoms with van der Waals surface area (Å²) in [6, 6.07) is 0.850. The molecule has 0 N–H and O–H groups in total. The maximum Gasteiger partial charge on any atom is 0.00922 e. The van der Waals surface area contributed by atoms with E-state index in [1.54, 1.807) is 0 Å². The summed E-state index contributed by atoms with van der Waals surface area (Å²) >= 11 is 0. The first-order valence-corrected chi connectivity index (χ1v) is 3.84. The van der Waals surface area contributed by atoms with Crippen molar-refractivity contribution in [3.63, 3.8) is 0 Å². The summed E-state index contributed by atoms with van der Waals surface area (Å²) in [6.07, 6.45) is 5.64. The molecule has 0 spiro atoms. The monoisotopic (exact) mass is 126 g/mol. The number of nitrogens with zero attached hydrogens (tertiary/aromatic N) is 1. The lowest BCUT2D eigenvalue weighted by atomic mass is 10.2. The van der Waals surface area contributed by atoms with Crippen LogP contribution >= 0.6 is 0 Å². The minimum absolute atomic E-state index is 0.850. The van der Waals surface area contributed by atoms with Crippen molar-refractivity contribution in [1.82, 2.24) is 4.90 Å². The summed E-state index contributed by atoms with van der Waals surface area (Å²) in [5.74, 6) is 0. The highest BCUT2D eigenvalue weighted by Gasteiger charge is 2.17. The summed E-state index contributed by atoms with van der Waals surface area (Å²) in [5, 5.41) is 0. The van der Waals surface area contributed by atoms with E-state index in [2.05, 4.69) is 18.9 Å². The van der Waals surface area contributed by atoms with Crippen LogP contribution in [0.25, 0.3) is 0 Å². The van der Waals surface area contributed by atoms with Gasteiger partial charge in [-0.2, -0.15) is 0 Å². The average molecular weight is 126 g/mol. The lowest BCUT2D eigenvalue weighted by Gasteiger charge is -2.21. The summed E-state index contributed by atoms with van der Waals surface area (Å²) in [6.45, 7) is 4.82. The topological polar surface area (TPSA) is 3.24 Å². The van der Waals surface area contributed by atoms with Gasteiger partial charge in [0.25, 0.3) is 0 Å². The van der Waals surface area contributed by atoms with Crippen molar-refractivity contribution < 1.29 is 0 Å². The molecule has 0 aromatic rings. The van der Waals surface area contributed by atoms with Gasteiger partial charge in [0.1, 0.15) is 0 Å². The Balaban J connectivity index is 2.24. The van der Waals surface area contributed by atoms with Crippen molar-refractivity contribution in [3.05, 3.63) is 6.92 Å². The molecule has 0 aromatic carbocycles. The van der Waals surface area contributed by atoms with E-state index < -0.39 is 0 Å². The van der Waals surface area contributed by atoms with Crippen LogP contribution in [0.1, 0.15) is 25.7 Å². The third-order valence-electron chi connectivity index (χ3n) is 2.30. The maximum atomic E-state index is 3.86. The average Bonchev–Trinajstić information content (AvgIpc) is 2.37. The first kappa shape index (κ1) is 7.07. The molecule has 9 heavy (non-hydrogen) atoms. The predicted octanol–water partition coefficient (Wildman–Crippen LogP) is 1.69. The van der Waals surface area contributed by atoms with Crippen LogP contribution in [0.4, 0.5) is 0 Å². The smallest absolute Gasteiger partial charge is 0.00922 e. The van der Waals surface area contributed by atoms with Crippen molar-refractivity contribution in [2.75, 3.05) is 13.6 Å². The zero-order valence-corrected chi connectivity index (χ0v) is 6.27. The maximum absolute atomic E-state index is 3.86. The fourth-order valence-electron chi connectivity index (χ4n) is 1.53. The molecule has 0 aliphatic heterocycles. The highest BCUT2D eigenvalue weighted by atomic mass is 15.1. The molecule has 0 aromatic heterocycles. The second kappa shape index (κ2) is 3.21. The molecule has 1 fully saturated rings. The molecule has 1 rings (SSSR count). The van der Waals surface area contributed by atoms with Crippen LogP contribution in [-0.4, -0.2) is 24.5 Å². The highest BCUT2D eigenvalue weighted by molar-refractivity contribution is 4.75. The predicted molar refractivity (Wildman–Crippen MR) is 40.2 cm³/mol. The number of hydrogen-bond acceptors (Lipinski definition) is 1. The van der Waals surface area contributed by atoms with E-state index in [4.69, 9.17) is 0 Å². The van der Waals surface area contributed by atoms with E-state index in [1.165, 1.54) is 25.7 Å². The van der Waals surface area contributed by atoms with Crippen molar-refractivity contribution >= 4 is 0 Å². The molecule has 1 nitrogen and oxygen atoms in total. The van der Waals surface area contributed by atoms with Gasteiger partial charge in [0.2, 0.25) is 0 Å². The van der Waals surface area contributed by atoms with Crippen LogP contribution in [0.2, 0.25) is 0 Å². The van der Waals surface area contributed by atoms with Gasteiger partial charge < -0.3 is 4.90 Å². The Morgan fingerprint density at radius 1 is 1.44 bits per heavy atom. The van der Waals surface area contributed by atoms with Crippen LogP contribution in [-0.2, 0) is 0 Å². The van der Waals surface area contributed by atoms with Crippen LogP contribution in [0, 0.1) is 6.92 Å². The highest BCUT2D eigenvalue weighted by Crippen LogP contribution is 2.21. The van der Waals surface area contributed by atoms with Gasteiger partial charge in [0, 0.05) is 6.04 Å². The minimum atomic E-state index is 0.850. The molecule has 1 radical (unpaired) electrons. The van der Waals surface area contributed by atoms with Crippen LogP contribution in [0.3, 0.4) is 0 Å². The van der Waals surface area contributed by atoms with Crippen molar-refractivity contribution in [2.45, 2.75) is 31.7 Å². The third-order valence-corrected chi connectivity index (χ3v) is 2.30. The van der Waals surface area contributed by atoms with Gasteiger partial charge in [-0.1, -0.05) is 12.8 Å². The molecular formula is C8H16N. The van der Waals surface area contributed by atoms with Gasteiger partial charge in [0.05, 0.1) is 0 Å². The molecule has 0 unspecified atom stereocenters. The quantitative estimate of drug-likeness (QED) is 0.544. The minimum Gasteiger partial charge on any atom is -0.303 e. The third kappa shape index (κ3) is 1.68. The van der Waals surface area contributed by atoms with Crippen molar-refractivity contribution in [3.8, 4) is 0 Å². The largest absolute Gasteiger partial charge is 0.303 e. The van der Waals surface area contributed by atoms with Gasteiger partial charge in [-0.3, -0.25) is 0 Å². The summed E-state index contributed by atoms with van der Waals surface area (Å²) < 4.78 is 0. The summed E-state index contributed by atoms with van der Waals surface area (Å²) in [7, 11) is 2.17. The number of hydrogen-bond donors (Lipinski definition) is 0. The Labute approximate surface area is 58.0 Å². The normalized spacial score (nSPS) is 21.7. The molecule has 0 amide bonds. The molecule has 1 aliphatic carbocycles. The zero-order chi connectivity index (χ0) is 6.69. The fraction of sp³-hybridized carbons (Fsp3) is 0.875. The van der Waals surface area contributed by atoms with Crippen LogP contribution < -0.4 is 0 Å². The van der Waals surface area contributed by atoms with Gasteiger partial charge in [0.15, 0.2) is 0 Å². The lowest BCUT2D eigenvalue weighted by Crippen LogP contribution is -2.28. The summed E-state index contributed by atoms with van der Waals surface area (Å²) in [4.78, 5) is 2.35. The molecule has 53 valence electrons. The van der Waals surface area contributed by atoms with E-state index in [0.717, 1.165) is 12.6 Å². The standard InChI is InChI=1S/C8H16N/c1-3-9(2)8-6-4-5-7-8/h8H,1,3-7H2,2H3. The Morgan fingerprint density at radius 3 is 2.44 bits per heavy atom. The molecule has 1 aliphatic rings. The Hall–Kier alpha value is -0.0400. The van der Waals surface area contributed by atoms with E-state index in [-0.39, 0.29) is 0 Å². The molecule has 1 saturated carbocycles.